The van der Waals surface area contributed by atoms with E-state index in [1.165, 1.54) is 77.1 Å². The zero-order chi connectivity index (χ0) is 35.8. The van der Waals surface area contributed by atoms with Gasteiger partial charge in [-0.25, -0.2) is 0 Å². The van der Waals surface area contributed by atoms with E-state index in [1.807, 2.05) is 6.07 Å². The fourth-order valence-corrected chi connectivity index (χ4v) is 8.41. The Balaban J connectivity index is 1.44. The quantitative estimate of drug-likeness (QED) is 0.184. The van der Waals surface area contributed by atoms with Crippen molar-refractivity contribution in [3.8, 4) is 39.7 Å². The Morgan fingerprint density at radius 2 is 0.885 bits per heavy atom. The summed E-state index contributed by atoms with van der Waals surface area (Å²) in [7, 11) is 0. The van der Waals surface area contributed by atoms with Crippen molar-refractivity contribution in [2.24, 2.45) is 0 Å². The third-order valence-corrected chi connectivity index (χ3v) is 10.8. The predicted octanol–water partition coefficient (Wildman–Crippen LogP) is 12.9. The maximum Gasteiger partial charge on any atom is 0.0992 e. The van der Waals surface area contributed by atoms with E-state index in [0.29, 0.717) is 5.56 Å². The average Bonchev–Trinajstić information content (AvgIpc) is 3.62. The zero-order valence-corrected chi connectivity index (χ0v) is 30.5. The first-order valence-corrected chi connectivity index (χ1v) is 18.0. The number of nitrogens with zero attached hydrogens (tertiary/aromatic N) is 3. The van der Waals surface area contributed by atoms with Gasteiger partial charge in [-0.15, -0.1) is 0 Å². The van der Waals surface area contributed by atoms with Crippen LogP contribution in [0.25, 0.3) is 77.2 Å². The topological polar surface area (TPSA) is 33.6 Å². The van der Waals surface area contributed by atoms with Crippen molar-refractivity contribution in [3.63, 3.8) is 0 Å². The van der Waals surface area contributed by atoms with Crippen LogP contribution in [-0.4, -0.2) is 9.13 Å². The minimum absolute atomic E-state index is 0.628. The number of aryl methyl sites for hydroxylation is 6. The van der Waals surface area contributed by atoms with Gasteiger partial charge in [0.2, 0.25) is 0 Å². The summed E-state index contributed by atoms with van der Waals surface area (Å²) in [5.74, 6) is 0. The van der Waals surface area contributed by atoms with E-state index in [2.05, 4.69) is 178 Å². The lowest BCUT2D eigenvalue weighted by molar-refractivity contribution is 1.16. The third-order valence-electron chi connectivity index (χ3n) is 10.8. The van der Waals surface area contributed by atoms with Crippen LogP contribution in [0.1, 0.15) is 38.9 Å². The molecule has 250 valence electrons. The predicted molar refractivity (Wildman–Crippen MR) is 219 cm³/mol. The SMILES string of the molecule is Cc1ccc2c(c1)c1cc(C)ccc1n2-c1ccc(-c2c(C)cccc2C)cc1-c1ccc(C#N)cc1-n1c2ccc(C)cc2c2cc(C)ccc21. The molecule has 0 saturated carbocycles. The van der Waals surface area contributed by atoms with Gasteiger partial charge in [-0.1, -0.05) is 76.9 Å². The molecule has 0 spiro atoms. The number of hydrogen-bond donors (Lipinski definition) is 0. The fraction of sp³-hybridized carbons (Fsp3) is 0.122. The summed E-state index contributed by atoms with van der Waals surface area (Å²) in [5.41, 5.74) is 19.3. The highest BCUT2D eigenvalue weighted by Crippen LogP contribution is 2.43. The van der Waals surface area contributed by atoms with E-state index in [0.717, 1.165) is 33.5 Å². The lowest BCUT2D eigenvalue weighted by atomic mass is 9.91. The molecule has 0 amide bonds. The van der Waals surface area contributed by atoms with Crippen molar-refractivity contribution >= 4 is 43.6 Å². The summed E-state index contributed by atoms with van der Waals surface area (Å²) in [6, 6.07) is 49.1. The van der Waals surface area contributed by atoms with Crippen molar-refractivity contribution in [1.29, 1.82) is 5.26 Å². The summed E-state index contributed by atoms with van der Waals surface area (Å²) in [6.07, 6.45) is 0. The number of fused-ring (bicyclic) bond motifs is 6. The first-order valence-electron chi connectivity index (χ1n) is 18.0. The van der Waals surface area contributed by atoms with Crippen LogP contribution in [0.4, 0.5) is 0 Å². The van der Waals surface area contributed by atoms with Crippen molar-refractivity contribution in [3.05, 3.63) is 166 Å². The van der Waals surface area contributed by atoms with Crippen LogP contribution >= 0.6 is 0 Å². The van der Waals surface area contributed by atoms with E-state index < -0.39 is 0 Å². The van der Waals surface area contributed by atoms with Gasteiger partial charge in [0, 0.05) is 32.7 Å². The molecule has 0 unspecified atom stereocenters. The molecular weight excluding hydrogens is 631 g/mol. The van der Waals surface area contributed by atoms with Crippen molar-refractivity contribution in [2.75, 3.05) is 0 Å². The molecule has 3 heteroatoms. The second kappa shape index (κ2) is 11.9. The van der Waals surface area contributed by atoms with E-state index in [-0.39, 0.29) is 0 Å². The molecule has 0 aliphatic carbocycles. The maximum atomic E-state index is 10.3. The van der Waals surface area contributed by atoms with Gasteiger partial charge in [-0.3, -0.25) is 0 Å². The highest BCUT2D eigenvalue weighted by atomic mass is 15.0. The van der Waals surface area contributed by atoms with Crippen molar-refractivity contribution < 1.29 is 0 Å². The lowest BCUT2D eigenvalue weighted by Crippen LogP contribution is -2.03. The van der Waals surface area contributed by atoms with Gasteiger partial charge in [0.1, 0.15) is 0 Å². The van der Waals surface area contributed by atoms with Crippen LogP contribution in [0, 0.1) is 52.9 Å². The van der Waals surface area contributed by atoms with Crippen LogP contribution in [0.5, 0.6) is 0 Å². The Bertz CT molecular complexity index is 2840. The van der Waals surface area contributed by atoms with Gasteiger partial charge in [0.05, 0.1) is 45.1 Å². The van der Waals surface area contributed by atoms with Crippen LogP contribution in [0.3, 0.4) is 0 Å². The molecule has 2 aromatic heterocycles. The van der Waals surface area contributed by atoms with Gasteiger partial charge < -0.3 is 9.13 Å². The van der Waals surface area contributed by atoms with Gasteiger partial charge in [-0.05, 0) is 137 Å². The Hall–Kier alpha value is -6.37. The Labute approximate surface area is 304 Å². The molecule has 3 nitrogen and oxygen atoms in total. The van der Waals surface area contributed by atoms with Gasteiger partial charge >= 0.3 is 0 Å². The third kappa shape index (κ3) is 4.87. The summed E-state index contributed by atoms with van der Waals surface area (Å²) in [5, 5.41) is 15.2. The number of nitriles is 1. The number of aromatic nitrogens is 2. The summed E-state index contributed by atoms with van der Waals surface area (Å²) < 4.78 is 4.81. The molecule has 0 bridgehead atoms. The smallest absolute Gasteiger partial charge is 0.0992 e. The fourth-order valence-electron chi connectivity index (χ4n) is 8.41. The van der Waals surface area contributed by atoms with Crippen LogP contribution in [0.2, 0.25) is 0 Å². The first-order chi connectivity index (χ1) is 25.2. The largest absolute Gasteiger partial charge is 0.309 e. The first kappa shape index (κ1) is 31.6. The average molecular weight is 670 g/mol. The molecule has 52 heavy (non-hydrogen) atoms. The molecule has 9 rings (SSSR count). The second-order valence-electron chi connectivity index (χ2n) is 14.6. The monoisotopic (exact) mass is 669 g/mol. The highest BCUT2D eigenvalue weighted by Gasteiger charge is 2.22. The van der Waals surface area contributed by atoms with Crippen LogP contribution in [-0.2, 0) is 0 Å². The Morgan fingerprint density at radius 1 is 0.423 bits per heavy atom. The summed E-state index contributed by atoms with van der Waals surface area (Å²) in [6.45, 7) is 13.0. The molecule has 0 atom stereocenters. The Kier molecular flexibility index (Phi) is 7.21. The molecule has 0 saturated heterocycles. The van der Waals surface area contributed by atoms with Gasteiger partial charge in [0.15, 0.2) is 0 Å². The maximum absolute atomic E-state index is 10.3. The highest BCUT2D eigenvalue weighted by molar-refractivity contribution is 6.12. The number of benzene rings is 7. The minimum atomic E-state index is 0.628. The van der Waals surface area contributed by atoms with E-state index >= 15 is 0 Å². The molecule has 7 aromatic carbocycles. The lowest BCUT2D eigenvalue weighted by Gasteiger charge is -2.21. The molecule has 9 aromatic rings. The standard InChI is InChI=1S/C49H39N3/c1-29-10-17-43-38(22-29)39-23-30(2)11-18-44(39)51(43)47-21-15-36(49-33(5)8-7-9-34(49)6)27-42(47)37-16-14-35(28-50)26-48(37)52-45-19-12-31(3)24-40(45)41-25-32(4)13-20-46(41)52/h7-27H,1-6H3. The number of hydrogen-bond acceptors (Lipinski definition) is 1. The molecule has 0 fully saturated rings. The van der Waals surface area contributed by atoms with E-state index in [9.17, 15) is 5.26 Å². The zero-order valence-electron chi connectivity index (χ0n) is 30.5. The van der Waals surface area contributed by atoms with Crippen molar-refractivity contribution in [1.82, 2.24) is 9.13 Å². The molecule has 2 heterocycles. The second-order valence-corrected chi connectivity index (χ2v) is 14.6. The molecule has 0 N–H and O–H groups in total. The number of rotatable bonds is 4. The molecule has 0 aliphatic heterocycles. The normalized spacial score (nSPS) is 11.6. The van der Waals surface area contributed by atoms with Crippen molar-refractivity contribution in [2.45, 2.75) is 41.5 Å². The molecular formula is C49H39N3. The van der Waals surface area contributed by atoms with Crippen LogP contribution < -0.4 is 0 Å². The van der Waals surface area contributed by atoms with E-state index in [1.54, 1.807) is 0 Å². The van der Waals surface area contributed by atoms with Crippen LogP contribution in [0.15, 0.2) is 127 Å². The summed E-state index contributed by atoms with van der Waals surface area (Å²) >= 11 is 0. The summed E-state index contributed by atoms with van der Waals surface area (Å²) in [4.78, 5) is 0. The van der Waals surface area contributed by atoms with Gasteiger partial charge in [-0.2, -0.15) is 5.26 Å². The van der Waals surface area contributed by atoms with E-state index in [4.69, 9.17) is 0 Å². The van der Waals surface area contributed by atoms with Gasteiger partial charge in [0.25, 0.3) is 0 Å². The Morgan fingerprint density at radius 3 is 1.35 bits per heavy atom. The molecule has 0 radical (unpaired) electrons. The molecule has 0 aliphatic rings. The minimum Gasteiger partial charge on any atom is -0.309 e.